The molecular weight excluding hydrogens is 521 g/mol. The van der Waals surface area contributed by atoms with E-state index < -0.39 is 0 Å². The van der Waals surface area contributed by atoms with Gasteiger partial charge in [0.25, 0.3) is 5.56 Å². The zero-order chi connectivity index (χ0) is 24.2. The second kappa shape index (κ2) is 10.5. The summed E-state index contributed by atoms with van der Waals surface area (Å²) >= 11 is 9.62. The molecule has 1 atom stereocenters. The van der Waals surface area contributed by atoms with E-state index in [1.54, 1.807) is 42.5 Å². The van der Waals surface area contributed by atoms with Crippen LogP contribution in [0.1, 0.15) is 43.1 Å². The van der Waals surface area contributed by atoms with Gasteiger partial charge in [0, 0.05) is 26.5 Å². The van der Waals surface area contributed by atoms with Gasteiger partial charge in [0.2, 0.25) is 0 Å². The van der Waals surface area contributed by atoms with E-state index >= 15 is 0 Å². The number of nitrogens with zero attached hydrogens (tertiary/aromatic N) is 3. The Morgan fingerprint density at radius 1 is 1.21 bits per heavy atom. The van der Waals surface area contributed by atoms with Crippen molar-refractivity contribution in [2.75, 3.05) is 0 Å². The average molecular weight is 543 g/mol. The molecule has 0 unspecified atom stereocenters. The monoisotopic (exact) mass is 541 g/mol. The molecule has 0 saturated carbocycles. The fraction of sp³-hybridized carbons (Fsp3) is 0.192. The minimum atomic E-state index is -0.343. The van der Waals surface area contributed by atoms with E-state index in [-0.39, 0.29) is 23.9 Å². The highest BCUT2D eigenvalue weighted by Gasteiger charge is 2.16. The molecule has 4 aromatic rings. The topological polar surface area (TPSA) is 56.5 Å². The van der Waals surface area contributed by atoms with Gasteiger partial charge >= 0.3 is 0 Å². The highest BCUT2D eigenvalue weighted by Crippen LogP contribution is 2.24. The summed E-state index contributed by atoms with van der Waals surface area (Å²) in [5.41, 5.74) is 1.33. The predicted molar refractivity (Wildman–Crippen MR) is 138 cm³/mol. The van der Waals surface area contributed by atoms with Crippen molar-refractivity contribution in [1.29, 1.82) is 0 Å². The SMILES string of the molecule is CC[C@H](C)c1nc2ccc(Br)cc2c(=O)n1N=Cc1cc(Cl)ccc1OCc1ccccc1F. The molecule has 1 aromatic heterocycles. The molecule has 0 aliphatic heterocycles. The molecule has 0 fully saturated rings. The predicted octanol–water partition coefficient (Wildman–Crippen LogP) is 6.93. The third-order valence-corrected chi connectivity index (χ3v) is 6.24. The minimum Gasteiger partial charge on any atom is -0.488 e. The maximum Gasteiger partial charge on any atom is 0.282 e. The maximum absolute atomic E-state index is 14.0. The molecule has 0 amide bonds. The Bertz CT molecular complexity index is 1440. The molecule has 8 heteroatoms. The zero-order valence-corrected chi connectivity index (χ0v) is 21.0. The van der Waals surface area contributed by atoms with Gasteiger partial charge in [-0.3, -0.25) is 4.79 Å². The molecule has 4 rings (SSSR count). The number of hydrogen-bond acceptors (Lipinski definition) is 4. The second-order valence-corrected chi connectivity index (χ2v) is 9.22. The minimum absolute atomic E-state index is 0.00837. The molecule has 0 saturated heterocycles. The fourth-order valence-electron chi connectivity index (χ4n) is 3.42. The van der Waals surface area contributed by atoms with Crippen molar-refractivity contribution in [2.45, 2.75) is 32.8 Å². The summed E-state index contributed by atoms with van der Waals surface area (Å²) in [6.07, 6.45) is 2.31. The van der Waals surface area contributed by atoms with Crippen molar-refractivity contribution in [2.24, 2.45) is 5.10 Å². The third-order valence-electron chi connectivity index (χ3n) is 5.51. The van der Waals surface area contributed by atoms with Crippen molar-refractivity contribution in [1.82, 2.24) is 9.66 Å². The quantitative estimate of drug-likeness (QED) is 0.238. The molecule has 0 radical (unpaired) electrons. The van der Waals surface area contributed by atoms with E-state index in [4.69, 9.17) is 21.3 Å². The van der Waals surface area contributed by atoms with E-state index in [1.165, 1.54) is 17.0 Å². The third kappa shape index (κ3) is 5.21. The number of halogens is 3. The number of benzene rings is 3. The van der Waals surface area contributed by atoms with Gasteiger partial charge in [0.1, 0.15) is 24.0 Å². The molecule has 0 aliphatic rings. The van der Waals surface area contributed by atoms with Gasteiger partial charge in [-0.25, -0.2) is 9.37 Å². The van der Waals surface area contributed by atoms with E-state index in [0.29, 0.717) is 38.6 Å². The highest BCUT2D eigenvalue weighted by atomic mass is 79.9. The Kier molecular flexibility index (Phi) is 7.44. The van der Waals surface area contributed by atoms with Crippen LogP contribution in [0.5, 0.6) is 5.75 Å². The fourth-order valence-corrected chi connectivity index (χ4v) is 3.96. The van der Waals surface area contributed by atoms with Crippen molar-refractivity contribution in [3.8, 4) is 5.75 Å². The number of aromatic nitrogens is 2. The lowest BCUT2D eigenvalue weighted by Gasteiger charge is -2.14. The van der Waals surface area contributed by atoms with Crippen LogP contribution in [0, 0.1) is 5.82 Å². The van der Waals surface area contributed by atoms with E-state index in [0.717, 1.165) is 10.9 Å². The van der Waals surface area contributed by atoms with Crippen LogP contribution in [0.15, 0.2) is 75.0 Å². The smallest absolute Gasteiger partial charge is 0.282 e. The van der Waals surface area contributed by atoms with Gasteiger partial charge < -0.3 is 4.74 Å². The van der Waals surface area contributed by atoms with Gasteiger partial charge in [0.15, 0.2) is 0 Å². The van der Waals surface area contributed by atoms with Gasteiger partial charge in [-0.2, -0.15) is 9.78 Å². The van der Waals surface area contributed by atoms with Crippen LogP contribution in [0.3, 0.4) is 0 Å². The number of fused-ring (bicyclic) bond motifs is 1. The van der Waals surface area contributed by atoms with Gasteiger partial charge in [-0.05, 0) is 48.9 Å². The summed E-state index contributed by atoms with van der Waals surface area (Å²) in [5, 5.41) is 5.43. The Hall–Kier alpha value is -3.03. The lowest BCUT2D eigenvalue weighted by molar-refractivity contribution is 0.299. The van der Waals surface area contributed by atoms with Crippen molar-refractivity contribution in [3.05, 3.63) is 103 Å². The molecule has 0 bridgehead atoms. The second-order valence-electron chi connectivity index (χ2n) is 7.86. The molecule has 0 aliphatic carbocycles. The summed E-state index contributed by atoms with van der Waals surface area (Å²) < 4.78 is 22.0. The molecule has 0 spiro atoms. The number of ether oxygens (including phenoxy) is 1. The molecular formula is C26H22BrClFN3O2. The van der Waals surface area contributed by atoms with Crippen LogP contribution in [-0.2, 0) is 6.61 Å². The highest BCUT2D eigenvalue weighted by molar-refractivity contribution is 9.10. The van der Waals surface area contributed by atoms with Crippen LogP contribution in [-0.4, -0.2) is 15.9 Å². The van der Waals surface area contributed by atoms with Gasteiger partial charge in [-0.15, -0.1) is 0 Å². The molecule has 34 heavy (non-hydrogen) atoms. The van der Waals surface area contributed by atoms with Crippen LogP contribution >= 0.6 is 27.5 Å². The molecule has 174 valence electrons. The standard InChI is InChI=1S/C26H22BrClFN3O2/c1-3-16(2)25-31-23-10-8-19(27)13-21(23)26(33)32(25)30-14-18-12-20(28)9-11-24(18)34-15-17-6-4-5-7-22(17)29/h4-14,16H,3,15H2,1-2H3/t16-/m0/s1. The van der Waals surface area contributed by atoms with Crippen LogP contribution in [0.25, 0.3) is 10.9 Å². The van der Waals surface area contributed by atoms with Crippen molar-refractivity contribution < 1.29 is 9.13 Å². The summed E-state index contributed by atoms with van der Waals surface area (Å²) in [4.78, 5) is 18.0. The van der Waals surface area contributed by atoms with E-state index in [9.17, 15) is 9.18 Å². The first kappa shape index (κ1) is 24.1. The largest absolute Gasteiger partial charge is 0.488 e. The van der Waals surface area contributed by atoms with Crippen LogP contribution in [0.2, 0.25) is 5.02 Å². The summed E-state index contributed by atoms with van der Waals surface area (Å²) in [6.45, 7) is 4.07. The first-order chi connectivity index (χ1) is 16.4. The van der Waals surface area contributed by atoms with Gasteiger partial charge in [-0.1, -0.05) is 59.6 Å². The molecule has 0 N–H and O–H groups in total. The number of rotatable bonds is 7. The lowest BCUT2D eigenvalue weighted by Crippen LogP contribution is -2.23. The summed E-state index contributed by atoms with van der Waals surface area (Å²) in [7, 11) is 0. The zero-order valence-electron chi connectivity index (χ0n) is 18.6. The van der Waals surface area contributed by atoms with Crippen LogP contribution in [0.4, 0.5) is 4.39 Å². The van der Waals surface area contributed by atoms with Crippen molar-refractivity contribution >= 4 is 44.6 Å². The normalized spacial score (nSPS) is 12.4. The van der Waals surface area contributed by atoms with Crippen LogP contribution < -0.4 is 10.3 Å². The summed E-state index contributed by atoms with van der Waals surface area (Å²) in [6, 6.07) is 16.9. The van der Waals surface area contributed by atoms with E-state index in [1.807, 2.05) is 26.0 Å². The number of hydrogen-bond donors (Lipinski definition) is 0. The average Bonchev–Trinajstić information content (AvgIpc) is 2.83. The Morgan fingerprint density at radius 3 is 2.76 bits per heavy atom. The van der Waals surface area contributed by atoms with E-state index in [2.05, 4.69) is 21.0 Å². The lowest BCUT2D eigenvalue weighted by atomic mass is 10.1. The molecule has 5 nitrogen and oxygen atoms in total. The molecule has 3 aromatic carbocycles. The summed E-state index contributed by atoms with van der Waals surface area (Å²) in [5.74, 6) is 0.694. The van der Waals surface area contributed by atoms with Crippen molar-refractivity contribution in [3.63, 3.8) is 0 Å². The maximum atomic E-state index is 14.0. The first-order valence-corrected chi connectivity index (χ1v) is 12.0. The molecule has 1 heterocycles. The Morgan fingerprint density at radius 2 is 2.00 bits per heavy atom. The Balaban J connectivity index is 1.75. The van der Waals surface area contributed by atoms with Gasteiger partial charge in [0.05, 0.1) is 17.1 Å². The Labute approximate surface area is 210 Å². The first-order valence-electron chi connectivity index (χ1n) is 10.8.